The van der Waals surface area contributed by atoms with E-state index in [4.69, 9.17) is 5.73 Å². The van der Waals surface area contributed by atoms with Gasteiger partial charge in [-0.2, -0.15) is 0 Å². The highest BCUT2D eigenvalue weighted by atomic mass is 16.3. The second-order valence-electron chi connectivity index (χ2n) is 6.28. The molecule has 3 N–H and O–H groups in total. The Labute approximate surface area is 124 Å². The lowest BCUT2D eigenvalue weighted by molar-refractivity contribution is -0.127. The maximum atomic E-state index is 12.3. The lowest BCUT2D eigenvalue weighted by Crippen LogP contribution is -2.36. The number of likely N-dealkylation sites (tertiary alicyclic amines) is 1. The Hall–Kier alpha value is -1.95. The van der Waals surface area contributed by atoms with Crippen molar-refractivity contribution < 1.29 is 9.90 Å². The minimum atomic E-state index is -0.340. The Morgan fingerprint density at radius 1 is 1.48 bits per heavy atom. The molecule has 21 heavy (non-hydrogen) atoms. The van der Waals surface area contributed by atoms with Gasteiger partial charge in [-0.25, -0.2) is 9.97 Å². The van der Waals surface area contributed by atoms with Crippen molar-refractivity contribution in [1.82, 2.24) is 14.9 Å². The number of aliphatic hydroxyl groups is 1. The predicted octanol–water partition coefficient (Wildman–Crippen LogP) is 1.08. The second-order valence-corrected chi connectivity index (χ2v) is 6.28. The van der Waals surface area contributed by atoms with Crippen LogP contribution in [0.3, 0.4) is 0 Å². The number of hydrogen-bond donors (Lipinski definition) is 2. The van der Waals surface area contributed by atoms with Gasteiger partial charge >= 0.3 is 0 Å². The zero-order valence-corrected chi connectivity index (χ0v) is 12.5. The maximum absolute atomic E-state index is 12.3. The first-order valence-electron chi connectivity index (χ1n) is 7.08. The summed E-state index contributed by atoms with van der Waals surface area (Å²) in [7, 11) is 0. The van der Waals surface area contributed by atoms with E-state index in [9.17, 15) is 9.90 Å². The molecule has 1 atom stereocenters. The monoisotopic (exact) mass is 290 g/mol. The van der Waals surface area contributed by atoms with Gasteiger partial charge in [0.15, 0.2) is 0 Å². The van der Waals surface area contributed by atoms with Gasteiger partial charge in [0.05, 0.1) is 6.10 Å². The van der Waals surface area contributed by atoms with Gasteiger partial charge in [0.25, 0.3) is 0 Å². The van der Waals surface area contributed by atoms with Crippen LogP contribution >= 0.6 is 0 Å². The number of carbonyl (C=O) groups is 1. The van der Waals surface area contributed by atoms with Crippen LogP contribution in [0, 0.1) is 5.41 Å². The van der Waals surface area contributed by atoms with Gasteiger partial charge in [-0.1, -0.05) is 13.8 Å². The molecule has 0 radical (unpaired) electrons. The smallest absolute Gasteiger partial charge is 0.246 e. The number of aromatic nitrogens is 2. The van der Waals surface area contributed by atoms with Crippen molar-refractivity contribution in [3.63, 3.8) is 0 Å². The first-order valence-corrected chi connectivity index (χ1v) is 7.08. The normalized spacial score (nSPS) is 22.2. The maximum Gasteiger partial charge on any atom is 0.246 e. The third-order valence-corrected chi connectivity index (χ3v) is 3.56. The Kier molecular flexibility index (Phi) is 4.57. The standard InChI is InChI=1S/C15H22N4O2/c1-15(2)7-12(20)5-6-19(10-15)13(21)4-3-11-8-17-14(16)18-9-11/h3-4,8-9,12,20H,5-7,10H2,1-2H3,(H2,16,17,18). The molecule has 0 bridgehead atoms. The molecular weight excluding hydrogens is 268 g/mol. The Bertz CT molecular complexity index is 525. The van der Waals surface area contributed by atoms with Crippen LogP contribution in [0.5, 0.6) is 0 Å². The highest BCUT2D eigenvalue weighted by Gasteiger charge is 2.30. The molecule has 1 saturated heterocycles. The molecule has 114 valence electrons. The van der Waals surface area contributed by atoms with Crippen molar-refractivity contribution in [1.29, 1.82) is 0 Å². The Morgan fingerprint density at radius 2 is 2.14 bits per heavy atom. The minimum absolute atomic E-state index is 0.0611. The zero-order valence-electron chi connectivity index (χ0n) is 12.5. The lowest BCUT2D eigenvalue weighted by atomic mass is 9.87. The number of anilines is 1. The topological polar surface area (TPSA) is 92.3 Å². The third-order valence-electron chi connectivity index (χ3n) is 3.56. The molecule has 0 aromatic carbocycles. The molecule has 0 aliphatic carbocycles. The number of amides is 1. The summed E-state index contributed by atoms with van der Waals surface area (Å²) in [5, 5.41) is 9.87. The van der Waals surface area contributed by atoms with Crippen LogP contribution in [0.1, 0.15) is 32.3 Å². The van der Waals surface area contributed by atoms with Gasteiger partial charge < -0.3 is 15.7 Å². The molecule has 1 fully saturated rings. The van der Waals surface area contributed by atoms with Gasteiger partial charge in [0.1, 0.15) is 0 Å². The number of hydrogen-bond acceptors (Lipinski definition) is 5. The average molecular weight is 290 g/mol. The molecule has 1 aromatic heterocycles. The number of nitrogens with zero attached hydrogens (tertiary/aromatic N) is 3. The fourth-order valence-electron chi connectivity index (χ4n) is 2.60. The first kappa shape index (κ1) is 15.4. The number of carbonyl (C=O) groups excluding carboxylic acids is 1. The van der Waals surface area contributed by atoms with Crippen molar-refractivity contribution in [2.75, 3.05) is 18.8 Å². The molecule has 2 heterocycles. The molecular formula is C15H22N4O2. The molecule has 0 spiro atoms. The van der Waals surface area contributed by atoms with E-state index in [0.29, 0.717) is 25.9 Å². The van der Waals surface area contributed by atoms with Crippen molar-refractivity contribution in [2.24, 2.45) is 5.41 Å². The van der Waals surface area contributed by atoms with Gasteiger partial charge in [-0.15, -0.1) is 0 Å². The molecule has 1 aliphatic rings. The lowest BCUT2D eigenvalue weighted by Gasteiger charge is -2.29. The summed E-state index contributed by atoms with van der Waals surface area (Å²) >= 11 is 0. The molecule has 6 nitrogen and oxygen atoms in total. The number of rotatable bonds is 2. The molecule has 1 unspecified atom stereocenters. The quantitative estimate of drug-likeness (QED) is 0.795. The average Bonchev–Trinajstić information content (AvgIpc) is 2.55. The minimum Gasteiger partial charge on any atom is -0.393 e. The van der Waals surface area contributed by atoms with Crippen LogP contribution in [-0.2, 0) is 4.79 Å². The second kappa shape index (κ2) is 6.22. The van der Waals surface area contributed by atoms with Crippen LogP contribution in [0.25, 0.3) is 6.08 Å². The van der Waals surface area contributed by atoms with Gasteiger partial charge in [-0.3, -0.25) is 4.79 Å². The van der Waals surface area contributed by atoms with Crippen LogP contribution in [0.4, 0.5) is 5.95 Å². The van der Waals surface area contributed by atoms with Crippen LogP contribution in [0.2, 0.25) is 0 Å². The number of nitrogens with two attached hydrogens (primary N) is 1. The fourth-order valence-corrected chi connectivity index (χ4v) is 2.60. The van der Waals surface area contributed by atoms with E-state index < -0.39 is 0 Å². The SMILES string of the molecule is CC1(C)CC(O)CCN(C(=O)C=Cc2cnc(N)nc2)C1. The summed E-state index contributed by atoms with van der Waals surface area (Å²) < 4.78 is 0. The summed E-state index contributed by atoms with van der Waals surface area (Å²) in [4.78, 5) is 21.8. The Morgan fingerprint density at radius 3 is 2.81 bits per heavy atom. The summed E-state index contributed by atoms with van der Waals surface area (Å²) in [6.45, 7) is 5.36. The molecule has 2 rings (SSSR count). The van der Waals surface area contributed by atoms with E-state index in [1.165, 1.54) is 6.08 Å². The Balaban J connectivity index is 2.03. The van der Waals surface area contributed by atoms with Crippen molar-refractivity contribution >= 4 is 17.9 Å². The van der Waals surface area contributed by atoms with E-state index in [1.807, 2.05) is 0 Å². The number of nitrogen functional groups attached to an aromatic ring is 1. The van der Waals surface area contributed by atoms with E-state index >= 15 is 0 Å². The van der Waals surface area contributed by atoms with Crippen molar-refractivity contribution in [3.8, 4) is 0 Å². The van der Waals surface area contributed by atoms with Crippen LogP contribution in [0.15, 0.2) is 18.5 Å². The summed E-state index contributed by atoms with van der Waals surface area (Å²) in [5.41, 5.74) is 6.06. The van der Waals surface area contributed by atoms with Crippen molar-refractivity contribution in [3.05, 3.63) is 24.0 Å². The molecule has 0 saturated carbocycles. The highest BCUT2D eigenvalue weighted by Crippen LogP contribution is 2.28. The van der Waals surface area contributed by atoms with E-state index in [1.54, 1.807) is 23.4 Å². The number of aliphatic hydroxyl groups excluding tert-OH is 1. The van der Waals surface area contributed by atoms with Gasteiger partial charge in [0, 0.05) is 37.1 Å². The van der Waals surface area contributed by atoms with Crippen LogP contribution < -0.4 is 5.73 Å². The molecule has 1 amide bonds. The first-order chi connectivity index (χ1) is 9.85. The zero-order chi connectivity index (χ0) is 15.5. The largest absolute Gasteiger partial charge is 0.393 e. The molecule has 1 aromatic rings. The van der Waals surface area contributed by atoms with E-state index in [2.05, 4.69) is 23.8 Å². The summed E-state index contributed by atoms with van der Waals surface area (Å²) in [5.74, 6) is 0.149. The summed E-state index contributed by atoms with van der Waals surface area (Å²) in [6, 6.07) is 0. The van der Waals surface area contributed by atoms with Crippen LogP contribution in [-0.4, -0.2) is 45.1 Å². The summed E-state index contributed by atoms with van der Waals surface area (Å²) in [6.07, 6.45) is 7.33. The molecule has 1 aliphatic heterocycles. The fraction of sp³-hybridized carbons (Fsp3) is 0.533. The highest BCUT2D eigenvalue weighted by molar-refractivity contribution is 5.91. The van der Waals surface area contributed by atoms with Crippen molar-refractivity contribution in [2.45, 2.75) is 32.8 Å². The molecule has 6 heteroatoms. The van der Waals surface area contributed by atoms with Gasteiger partial charge in [0.2, 0.25) is 11.9 Å². The van der Waals surface area contributed by atoms with E-state index in [-0.39, 0.29) is 23.4 Å². The van der Waals surface area contributed by atoms with E-state index in [0.717, 1.165) is 5.56 Å². The van der Waals surface area contributed by atoms with Gasteiger partial charge in [-0.05, 0) is 24.3 Å². The third kappa shape index (κ3) is 4.53. The predicted molar refractivity (Wildman–Crippen MR) is 81.1 cm³/mol.